The van der Waals surface area contributed by atoms with E-state index in [1.54, 1.807) is 0 Å². The molecule has 0 saturated carbocycles. The molecule has 0 aromatic rings. The molecule has 0 saturated heterocycles. The van der Waals surface area contributed by atoms with Crippen LogP contribution in [0.25, 0.3) is 0 Å². The van der Waals surface area contributed by atoms with Crippen LogP contribution in [0.3, 0.4) is 0 Å². The minimum Gasteiger partial charge on any atom is -0.449 e. The highest BCUT2D eigenvalue weighted by atomic mass is 35.5. The van der Waals surface area contributed by atoms with E-state index in [0.29, 0.717) is 0 Å². The molecule has 0 heterocycles. The van der Waals surface area contributed by atoms with Crippen molar-refractivity contribution in [3.05, 3.63) is 0 Å². The standard InChI is InChI=1S/C3H6ClO5P/c4-2-9-3(5)1-10(6,7)8/h1-2H2,(H2,6,7,8). The third kappa shape index (κ3) is 6.04. The minimum atomic E-state index is -4.28. The largest absolute Gasteiger partial charge is 0.449 e. The smallest absolute Gasteiger partial charge is 0.336 e. The van der Waals surface area contributed by atoms with Crippen LogP contribution in [0.5, 0.6) is 0 Å². The quantitative estimate of drug-likeness (QED) is 0.367. The van der Waals surface area contributed by atoms with Crippen molar-refractivity contribution in [2.24, 2.45) is 0 Å². The fourth-order valence-electron chi connectivity index (χ4n) is 0.275. The van der Waals surface area contributed by atoms with E-state index >= 15 is 0 Å². The highest BCUT2D eigenvalue weighted by Crippen LogP contribution is 2.33. The van der Waals surface area contributed by atoms with Gasteiger partial charge in [0.15, 0.2) is 6.07 Å². The first-order valence-corrected chi connectivity index (χ1v) is 4.55. The Balaban J connectivity index is 3.70. The molecule has 0 aliphatic carbocycles. The number of ether oxygens (including phenoxy) is 1. The molecule has 0 unspecified atom stereocenters. The molecule has 0 rings (SSSR count). The molecule has 0 aromatic carbocycles. The van der Waals surface area contributed by atoms with Gasteiger partial charge in [0.1, 0.15) is 6.16 Å². The maximum atomic E-state index is 10.3. The Kier molecular flexibility index (Phi) is 3.89. The van der Waals surface area contributed by atoms with Gasteiger partial charge >= 0.3 is 13.6 Å². The van der Waals surface area contributed by atoms with E-state index in [4.69, 9.17) is 21.4 Å². The lowest BCUT2D eigenvalue weighted by atomic mass is 10.8. The van der Waals surface area contributed by atoms with Crippen molar-refractivity contribution in [2.45, 2.75) is 0 Å². The Morgan fingerprint density at radius 1 is 1.60 bits per heavy atom. The van der Waals surface area contributed by atoms with Crippen molar-refractivity contribution in [2.75, 3.05) is 12.2 Å². The van der Waals surface area contributed by atoms with Gasteiger partial charge in [-0.05, 0) is 0 Å². The molecule has 7 heteroatoms. The van der Waals surface area contributed by atoms with Crippen LogP contribution in [0, 0.1) is 0 Å². The van der Waals surface area contributed by atoms with Gasteiger partial charge in [0, 0.05) is 0 Å². The van der Waals surface area contributed by atoms with Gasteiger partial charge in [-0.3, -0.25) is 9.36 Å². The first-order valence-electron chi connectivity index (χ1n) is 2.22. The first-order chi connectivity index (χ1) is 4.45. The first kappa shape index (κ1) is 9.91. The van der Waals surface area contributed by atoms with E-state index in [2.05, 4.69) is 4.74 Å². The zero-order chi connectivity index (χ0) is 8.20. The summed E-state index contributed by atoms with van der Waals surface area (Å²) in [6.45, 7) is 0. The van der Waals surface area contributed by atoms with Crippen LogP contribution in [0.15, 0.2) is 0 Å². The van der Waals surface area contributed by atoms with Gasteiger partial charge < -0.3 is 14.5 Å². The van der Waals surface area contributed by atoms with Crippen LogP contribution in [0.1, 0.15) is 0 Å². The number of hydrogen-bond acceptors (Lipinski definition) is 3. The summed E-state index contributed by atoms with van der Waals surface area (Å²) >= 11 is 4.93. The lowest BCUT2D eigenvalue weighted by Crippen LogP contribution is -2.08. The summed E-state index contributed by atoms with van der Waals surface area (Å²) in [6, 6.07) is -0.390. The monoisotopic (exact) mass is 188 g/mol. The molecule has 5 nitrogen and oxygen atoms in total. The fraction of sp³-hybridized carbons (Fsp3) is 0.667. The maximum Gasteiger partial charge on any atom is 0.336 e. The molecule has 60 valence electrons. The molecule has 0 bridgehead atoms. The average molecular weight is 189 g/mol. The van der Waals surface area contributed by atoms with Gasteiger partial charge in [0.2, 0.25) is 0 Å². The van der Waals surface area contributed by atoms with Crippen molar-refractivity contribution >= 4 is 25.2 Å². The summed E-state index contributed by atoms with van der Waals surface area (Å²) in [4.78, 5) is 26.6. The number of alkyl halides is 1. The van der Waals surface area contributed by atoms with Crippen LogP contribution in [-0.4, -0.2) is 28.0 Å². The molecule has 0 aromatic heterocycles. The number of carbonyl (C=O) groups is 1. The van der Waals surface area contributed by atoms with Crippen LogP contribution in [0.2, 0.25) is 0 Å². The van der Waals surface area contributed by atoms with E-state index in [0.717, 1.165) is 0 Å². The fourth-order valence-corrected chi connectivity index (χ4v) is 0.824. The van der Waals surface area contributed by atoms with E-state index in [9.17, 15) is 9.36 Å². The molecule has 0 fully saturated rings. The SMILES string of the molecule is O=C(CP(=O)(O)O)OCCl. The second-order valence-electron chi connectivity index (χ2n) is 1.45. The van der Waals surface area contributed by atoms with Crippen molar-refractivity contribution in [1.82, 2.24) is 0 Å². The number of esters is 1. The lowest BCUT2D eigenvalue weighted by molar-refractivity contribution is -0.138. The predicted molar refractivity (Wildman–Crippen MR) is 33.7 cm³/mol. The van der Waals surface area contributed by atoms with E-state index < -0.39 is 25.8 Å². The Morgan fingerprint density at radius 2 is 2.10 bits per heavy atom. The molecule has 10 heavy (non-hydrogen) atoms. The third-order valence-electron chi connectivity index (χ3n) is 0.551. The van der Waals surface area contributed by atoms with Crippen LogP contribution in [-0.2, 0) is 14.1 Å². The molecular weight excluding hydrogens is 182 g/mol. The maximum absolute atomic E-state index is 10.3. The lowest BCUT2D eigenvalue weighted by Gasteiger charge is -2.01. The Morgan fingerprint density at radius 3 is 2.40 bits per heavy atom. The van der Waals surface area contributed by atoms with E-state index in [-0.39, 0.29) is 0 Å². The van der Waals surface area contributed by atoms with E-state index in [1.165, 1.54) is 0 Å². The Hall–Kier alpha value is -0.0900. The summed E-state index contributed by atoms with van der Waals surface area (Å²) in [6.07, 6.45) is -0.917. The normalized spacial score (nSPS) is 11.1. The minimum absolute atomic E-state index is 0.390. The van der Waals surface area contributed by atoms with Gasteiger partial charge in [0.25, 0.3) is 0 Å². The third-order valence-corrected chi connectivity index (χ3v) is 1.33. The second-order valence-corrected chi connectivity index (χ2v) is 3.31. The van der Waals surface area contributed by atoms with Crippen LogP contribution >= 0.6 is 19.2 Å². The highest BCUT2D eigenvalue weighted by Gasteiger charge is 2.19. The second kappa shape index (κ2) is 3.93. The molecular formula is C3H6ClO5P. The summed E-state index contributed by atoms with van der Waals surface area (Å²) in [5.74, 6) is -0.997. The molecule has 2 N–H and O–H groups in total. The van der Waals surface area contributed by atoms with Crippen LogP contribution in [0.4, 0.5) is 0 Å². The van der Waals surface area contributed by atoms with E-state index in [1.807, 2.05) is 0 Å². The summed E-state index contributed by atoms with van der Waals surface area (Å²) in [5.41, 5.74) is 0. The Bertz CT molecular complexity index is 162. The van der Waals surface area contributed by atoms with Crippen molar-refractivity contribution < 1.29 is 23.9 Å². The number of carbonyl (C=O) groups excluding carboxylic acids is 1. The molecule has 0 amide bonds. The molecule has 0 aliphatic heterocycles. The topological polar surface area (TPSA) is 83.8 Å². The zero-order valence-corrected chi connectivity index (χ0v) is 6.51. The summed E-state index contributed by atoms with van der Waals surface area (Å²) in [7, 11) is -4.28. The van der Waals surface area contributed by atoms with Crippen molar-refractivity contribution in [3.8, 4) is 0 Å². The predicted octanol–water partition coefficient (Wildman–Crippen LogP) is -0.0964. The number of rotatable bonds is 3. The summed E-state index contributed by atoms with van der Waals surface area (Å²) < 4.78 is 14.1. The molecule has 0 radical (unpaired) electrons. The van der Waals surface area contributed by atoms with Gasteiger partial charge in [0.05, 0.1) is 0 Å². The van der Waals surface area contributed by atoms with Gasteiger partial charge in [-0.1, -0.05) is 11.6 Å². The Labute approximate surface area is 62.1 Å². The van der Waals surface area contributed by atoms with Gasteiger partial charge in [-0.25, -0.2) is 0 Å². The molecule has 0 aliphatic rings. The van der Waals surface area contributed by atoms with Crippen molar-refractivity contribution in [3.63, 3.8) is 0 Å². The summed E-state index contributed by atoms with van der Waals surface area (Å²) in [5, 5.41) is 0. The van der Waals surface area contributed by atoms with Crippen molar-refractivity contribution in [1.29, 1.82) is 0 Å². The average Bonchev–Trinajstić information content (AvgIpc) is 1.59. The van der Waals surface area contributed by atoms with Gasteiger partial charge in [-0.2, -0.15) is 0 Å². The van der Waals surface area contributed by atoms with Crippen LogP contribution < -0.4 is 0 Å². The number of hydrogen-bond donors (Lipinski definition) is 2. The molecule has 0 atom stereocenters. The molecule has 0 spiro atoms. The zero-order valence-electron chi connectivity index (χ0n) is 4.86. The number of halogens is 1. The van der Waals surface area contributed by atoms with Gasteiger partial charge in [-0.15, -0.1) is 0 Å². The highest BCUT2D eigenvalue weighted by molar-refractivity contribution is 7.52.